The fourth-order valence-electron chi connectivity index (χ4n) is 2.34. The van der Waals surface area contributed by atoms with Crippen LogP contribution < -0.4 is 4.74 Å². The quantitative estimate of drug-likeness (QED) is 0.693. The highest BCUT2D eigenvalue weighted by Crippen LogP contribution is 2.27. The van der Waals surface area contributed by atoms with Crippen molar-refractivity contribution in [2.75, 3.05) is 6.73 Å². The highest BCUT2D eigenvalue weighted by atomic mass is 16.5. The zero-order valence-electron chi connectivity index (χ0n) is 10.7. The topological polar surface area (TPSA) is 12.2 Å². The minimum atomic E-state index is 0.572. The van der Waals surface area contributed by atoms with Crippen LogP contribution in [-0.2, 0) is 0 Å². The highest BCUT2D eigenvalue weighted by Gasteiger charge is 2.20. The van der Waals surface area contributed by atoms with E-state index < -0.39 is 0 Å². The van der Waals surface area contributed by atoms with E-state index in [9.17, 15) is 0 Å². The predicted octanol–water partition coefficient (Wildman–Crippen LogP) is 3.42. The molecule has 1 heterocycles. The summed E-state index contributed by atoms with van der Waals surface area (Å²) in [5, 5.41) is 0. The summed E-state index contributed by atoms with van der Waals surface area (Å²) in [5.41, 5.74) is 4.79. The first-order chi connectivity index (χ1) is 8.75. The number of para-hydroxylation sites is 2. The molecular weight excluding hydrogens is 222 g/mol. The molecule has 0 radical (unpaired) electrons. The molecule has 0 aromatic heterocycles. The molecule has 2 nitrogen and oxygen atoms in total. The monoisotopic (exact) mass is 238 g/mol. The van der Waals surface area contributed by atoms with Crippen LogP contribution in [-0.4, -0.2) is 17.5 Å². The Morgan fingerprint density at radius 1 is 0.944 bits per heavy atom. The van der Waals surface area contributed by atoms with Gasteiger partial charge >= 0.3 is 0 Å². The Hall–Kier alpha value is -2.09. The molecule has 0 saturated carbocycles. The van der Waals surface area contributed by atoms with Crippen LogP contribution in [0, 0.1) is 13.8 Å². The van der Waals surface area contributed by atoms with Crippen LogP contribution in [0.4, 0.5) is 5.69 Å². The molecule has 2 aromatic rings. The summed E-state index contributed by atoms with van der Waals surface area (Å²) in [5.74, 6) is 1.00. The Labute approximate surface area is 107 Å². The van der Waals surface area contributed by atoms with Crippen molar-refractivity contribution in [3.63, 3.8) is 0 Å². The van der Waals surface area contributed by atoms with E-state index in [1.54, 1.807) is 0 Å². The molecule has 0 atom stereocenters. The minimum Gasteiger partial charge on any atom is -0.435 e. The van der Waals surface area contributed by atoms with Crippen molar-refractivity contribution >= 4 is 11.9 Å². The lowest BCUT2D eigenvalue weighted by atomic mass is 10.1. The fraction of sp³-hybridized carbons (Fsp3) is 0.188. The van der Waals surface area contributed by atoms with Gasteiger partial charge in [-0.1, -0.05) is 30.3 Å². The molecule has 18 heavy (non-hydrogen) atoms. The van der Waals surface area contributed by atoms with E-state index in [0.717, 1.165) is 11.3 Å². The van der Waals surface area contributed by atoms with Gasteiger partial charge in [0, 0.05) is 11.6 Å². The van der Waals surface area contributed by atoms with Crippen LogP contribution in [0.1, 0.15) is 16.7 Å². The molecule has 2 aromatic carbocycles. The third-order valence-electron chi connectivity index (χ3n) is 3.31. The largest absolute Gasteiger partial charge is 0.435 e. The number of rotatable bonds is 1. The van der Waals surface area contributed by atoms with Gasteiger partial charge in [0.25, 0.3) is 6.73 Å². The van der Waals surface area contributed by atoms with Crippen molar-refractivity contribution in [1.82, 2.24) is 0 Å². The molecule has 90 valence electrons. The van der Waals surface area contributed by atoms with E-state index in [4.69, 9.17) is 4.74 Å². The molecule has 0 aliphatic carbocycles. The maximum absolute atomic E-state index is 5.87. The van der Waals surface area contributed by atoms with Gasteiger partial charge in [-0.15, -0.1) is 0 Å². The van der Waals surface area contributed by atoms with Gasteiger partial charge < -0.3 is 4.74 Å². The number of ether oxygens (including phenoxy) is 1. The van der Waals surface area contributed by atoms with Gasteiger partial charge in [0.2, 0.25) is 5.69 Å². The smallest absolute Gasteiger partial charge is 0.292 e. The van der Waals surface area contributed by atoms with E-state index in [1.807, 2.05) is 0 Å². The lowest BCUT2D eigenvalue weighted by molar-refractivity contribution is -0.476. The van der Waals surface area contributed by atoms with Gasteiger partial charge in [-0.3, -0.25) is 0 Å². The molecule has 1 aliphatic heterocycles. The van der Waals surface area contributed by atoms with Crippen LogP contribution in [0.15, 0.2) is 42.5 Å². The number of hydrogen-bond donors (Lipinski definition) is 0. The Morgan fingerprint density at radius 3 is 2.56 bits per heavy atom. The summed E-state index contributed by atoms with van der Waals surface area (Å²) in [6, 6.07) is 14.6. The Kier molecular flexibility index (Phi) is 2.63. The van der Waals surface area contributed by atoms with E-state index in [2.05, 4.69) is 67.1 Å². The molecule has 1 aliphatic rings. The van der Waals surface area contributed by atoms with Crippen molar-refractivity contribution in [3.8, 4) is 5.75 Å². The number of benzene rings is 2. The van der Waals surface area contributed by atoms with Crippen molar-refractivity contribution in [1.29, 1.82) is 0 Å². The van der Waals surface area contributed by atoms with Crippen LogP contribution in [0.25, 0.3) is 0 Å². The predicted molar refractivity (Wildman–Crippen MR) is 72.9 cm³/mol. The van der Waals surface area contributed by atoms with Crippen LogP contribution >= 0.6 is 0 Å². The van der Waals surface area contributed by atoms with Crippen LogP contribution in [0.2, 0.25) is 0 Å². The number of aryl methyl sites for hydroxylation is 2. The van der Waals surface area contributed by atoms with E-state index >= 15 is 0 Å². The maximum atomic E-state index is 5.87. The molecule has 0 N–H and O–H groups in total. The molecule has 3 rings (SSSR count). The van der Waals surface area contributed by atoms with Gasteiger partial charge in [0.1, 0.15) is 5.75 Å². The second-order valence-corrected chi connectivity index (χ2v) is 4.65. The first-order valence-corrected chi connectivity index (χ1v) is 6.15. The van der Waals surface area contributed by atoms with Gasteiger partial charge in [0.15, 0.2) is 6.21 Å². The van der Waals surface area contributed by atoms with Crippen molar-refractivity contribution in [3.05, 3.63) is 59.2 Å². The van der Waals surface area contributed by atoms with Gasteiger partial charge in [-0.25, -0.2) is 0 Å². The zero-order chi connectivity index (χ0) is 12.5. The third kappa shape index (κ3) is 1.80. The van der Waals surface area contributed by atoms with Crippen molar-refractivity contribution in [2.45, 2.75) is 13.8 Å². The molecular formula is C16H16NO+. The van der Waals surface area contributed by atoms with Crippen molar-refractivity contribution in [2.24, 2.45) is 0 Å². The summed E-state index contributed by atoms with van der Waals surface area (Å²) >= 11 is 0. The average Bonchev–Trinajstić information content (AvgIpc) is 2.39. The van der Waals surface area contributed by atoms with E-state index in [1.165, 1.54) is 16.8 Å². The number of nitrogens with zero attached hydrogens (tertiary/aromatic N) is 1. The molecule has 0 spiro atoms. The second-order valence-electron chi connectivity index (χ2n) is 4.65. The Balaban J connectivity index is 2.10. The molecule has 2 heteroatoms. The van der Waals surface area contributed by atoms with Gasteiger partial charge in [0.05, 0.1) is 5.56 Å². The van der Waals surface area contributed by atoms with Crippen LogP contribution in [0.5, 0.6) is 5.75 Å². The normalized spacial score (nSPS) is 13.6. The Morgan fingerprint density at radius 2 is 1.72 bits per heavy atom. The first-order valence-electron chi connectivity index (χ1n) is 6.15. The minimum absolute atomic E-state index is 0.572. The number of hydrogen-bond acceptors (Lipinski definition) is 1. The maximum Gasteiger partial charge on any atom is 0.292 e. The molecule has 0 unspecified atom stereocenters. The standard InChI is InChI=1S/C16H16NO/c1-12-6-3-4-9-15(12)17-10-14-8-5-7-13(2)16(14)18-11-17/h3-10H,11H2,1-2H3/q+1. The fourth-order valence-corrected chi connectivity index (χ4v) is 2.34. The SMILES string of the molecule is Cc1ccccc1[N+]1=Cc2cccc(C)c2OC1. The van der Waals surface area contributed by atoms with Crippen LogP contribution in [0.3, 0.4) is 0 Å². The summed E-state index contributed by atoms with van der Waals surface area (Å²) in [6.45, 7) is 4.77. The first kappa shape index (κ1) is 11.0. The molecule has 0 fully saturated rings. The highest BCUT2D eigenvalue weighted by molar-refractivity contribution is 5.82. The summed E-state index contributed by atoms with van der Waals surface area (Å²) in [4.78, 5) is 0. The zero-order valence-corrected chi connectivity index (χ0v) is 10.7. The summed E-state index contributed by atoms with van der Waals surface area (Å²) in [7, 11) is 0. The van der Waals surface area contributed by atoms with Gasteiger partial charge in [-0.05, 0) is 25.5 Å². The lowest BCUT2D eigenvalue weighted by Gasteiger charge is -2.15. The van der Waals surface area contributed by atoms with E-state index in [-0.39, 0.29) is 0 Å². The molecule has 0 saturated heterocycles. The second kappa shape index (κ2) is 4.30. The third-order valence-corrected chi connectivity index (χ3v) is 3.31. The summed E-state index contributed by atoms with van der Waals surface area (Å²) < 4.78 is 8.02. The van der Waals surface area contributed by atoms with E-state index in [0.29, 0.717) is 6.73 Å². The average molecular weight is 238 g/mol. The molecule has 0 amide bonds. The number of fused-ring (bicyclic) bond motifs is 1. The summed E-state index contributed by atoms with van der Waals surface area (Å²) in [6.07, 6.45) is 2.16. The Bertz CT molecular complexity index is 629. The van der Waals surface area contributed by atoms with Crippen molar-refractivity contribution < 1.29 is 9.31 Å². The molecule has 0 bridgehead atoms. The lowest BCUT2D eigenvalue weighted by Crippen LogP contribution is -2.21. The van der Waals surface area contributed by atoms with Gasteiger partial charge in [-0.2, -0.15) is 4.58 Å².